The number of amides is 1. The van der Waals surface area contributed by atoms with Crippen LogP contribution in [0.2, 0.25) is 0 Å². The lowest BCUT2D eigenvalue weighted by atomic mass is 10.1. The summed E-state index contributed by atoms with van der Waals surface area (Å²) in [5.74, 6) is -0.293. The van der Waals surface area contributed by atoms with Crippen molar-refractivity contribution in [3.8, 4) is 0 Å². The first-order chi connectivity index (χ1) is 14.9. The van der Waals surface area contributed by atoms with Gasteiger partial charge in [0.2, 0.25) is 0 Å². The molecule has 7 nitrogen and oxygen atoms in total. The molecule has 0 bridgehead atoms. The highest BCUT2D eigenvalue weighted by Gasteiger charge is 2.23. The number of anilines is 2. The van der Waals surface area contributed by atoms with Gasteiger partial charge in [-0.25, -0.2) is 14.4 Å². The third-order valence-electron chi connectivity index (χ3n) is 4.75. The van der Waals surface area contributed by atoms with E-state index in [0.717, 1.165) is 30.5 Å². The van der Waals surface area contributed by atoms with Gasteiger partial charge in [-0.2, -0.15) is 0 Å². The van der Waals surface area contributed by atoms with Crippen LogP contribution >= 0.6 is 11.6 Å². The lowest BCUT2D eigenvalue weighted by molar-refractivity contribution is 0.0954. The molecular formula is C22H24ClFN6O. The average molecular weight is 443 g/mol. The van der Waals surface area contributed by atoms with Crippen LogP contribution in [-0.4, -0.2) is 41.0 Å². The molecule has 0 unspecified atom stereocenters. The first kappa shape index (κ1) is 22.6. The molecule has 1 amide bonds. The minimum atomic E-state index is -0.709. The van der Waals surface area contributed by atoms with Gasteiger partial charge in [0, 0.05) is 41.8 Å². The van der Waals surface area contributed by atoms with E-state index in [1.165, 1.54) is 12.3 Å². The fourth-order valence-corrected chi connectivity index (χ4v) is 3.39. The van der Waals surface area contributed by atoms with Crippen molar-refractivity contribution in [2.75, 3.05) is 25.5 Å². The lowest BCUT2D eigenvalue weighted by Crippen LogP contribution is -2.30. The van der Waals surface area contributed by atoms with Crippen molar-refractivity contribution < 1.29 is 9.18 Å². The van der Waals surface area contributed by atoms with Crippen LogP contribution in [0.25, 0.3) is 5.57 Å². The zero-order chi connectivity index (χ0) is 22.4. The van der Waals surface area contributed by atoms with Gasteiger partial charge in [-0.1, -0.05) is 24.8 Å². The van der Waals surface area contributed by atoms with Gasteiger partial charge in [-0.05, 0) is 38.5 Å². The number of likely N-dealkylation sites (N-methyl/N-ethyl adjacent to an activating group) is 1. The summed E-state index contributed by atoms with van der Waals surface area (Å²) in [4.78, 5) is 25.7. The summed E-state index contributed by atoms with van der Waals surface area (Å²) >= 11 is 5.86. The highest BCUT2D eigenvalue weighted by molar-refractivity contribution is 6.31. The third kappa shape index (κ3) is 5.53. The number of nitrogens with zero attached hydrogens (tertiary/aromatic N) is 3. The second-order valence-electron chi connectivity index (χ2n) is 6.99. The van der Waals surface area contributed by atoms with Crippen molar-refractivity contribution in [2.45, 2.75) is 19.3 Å². The number of carbonyl (C=O) groups is 1. The average Bonchev–Trinajstić information content (AvgIpc) is 3.21. The molecule has 2 aromatic heterocycles. The van der Waals surface area contributed by atoms with E-state index in [9.17, 15) is 9.18 Å². The summed E-state index contributed by atoms with van der Waals surface area (Å²) in [5.41, 5.74) is 2.76. The minimum Gasteiger partial charge on any atom is -0.351 e. The van der Waals surface area contributed by atoms with E-state index in [-0.39, 0.29) is 22.3 Å². The van der Waals surface area contributed by atoms with Crippen LogP contribution in [0, 0.1) is 0 Å². The van der Waals surface area contributed by atoms with Crippen LogP contribution in [0.1, 0.15) is 33.9 Å². The molecule has 0 saturated heterocycles. The molecule has 1 aliphatic carbocycles. The molecule has 31 heavy (non-hydrogen) atoms. The van der Waals surface area contributed by atoms with Crippen molar-refractivity contribution in [1.82, 2.24) is 25.6 Å². The normalized spacial score (nSPS) is 12.9. The summed E-state index contributed by atoms with van der Waals surface area (Å²) in [6.07, 6.45) is 6.86. The number of aromatic nitrogens is 3. The van der Waals surface area contributed by atoms with Gasteiger partial charge < -0.3 is 16.0 Å². The van der Waals surface area contributed by atoms with E-state index in [1.54, 1.807) is 12.3 Å². The Morgan fingerprint density at radius 3 is 2.81 bits per heavy atom. The summed E-state index contributed by atoms with van der Waals surface area (Å²) in [7, 11) is 1.81. The van der Waals surface area contributed by atoms with Gasteiger partial charge in [0.25, 0.3) is 5.91 Å². The monoisotopic (exact) mass is 442 g/mol. The Bertz CT molecular complexity index is 1050. The number of halogens is 2. The molecule has 0 saturated carbocycles. The molecule has 2 aromatic rings. The molecule has 1 aliphatic rings. The van der Waals surface area contributed by atoms with Crippen LogP contribution in [0.3, 0.4) is 0 Å². The van der Waals surface area contributed by atoms with Gasteiger partial charge >= 0.3 is 0 Å². The number of nitrogens with one attached hydrogen (secondary N) is 3. The Morgan fingerprint density at radius 1 is 1.29 bits per heavy atom. The molecule has 2 heterocycles. The molecule has 0 radical (unpaired) electrons. The topological polar surface area (TPSA) is 91.8 Å². The molecule has 0 aromatic carbocycles. The predicted octanol–water partition coefficient (Wildman–Crippen LogP) is 3.67. The molecule has 0 spiro atoms. The summed E-state index contributed by atoms with van der Waals surface area (Å²) in [6, 6.07) is 1.70. The third-order valence-corrected chi connectivity index (χ3v) is 4.86. The van der Waals surface area contributed by atoms with E-state index >= 15 is 0 Å². The predicted molar refractivity (Wildman–Crippen MR) is 121 cm³/mol. The van der Waals surface area contributed by atoms with E-state index in [2.05, 4.69) is 44.1 Å². The van der Waals surface area contributed by atoms with E-state index in [4.69, 9.17) is 11.6 Å². The Kier molecular flexibility index (Phi) is 7.49. The molecule has 9 heteroatoms. The van der Waals surface area contributed by atoms with Crippen molar-refractivity contribution in [1.29, 1.82) is 0 Å². The molecular weight excluding hydrogens is 419 g/mol. The first-order valence-corrected chi connectivity index (χ1v) is 10.2. The smallest absolute Gasteiger partial charge is 0.255 e. The number of carbonyl (C=O) groups excluding carboxylic acids is 1. The number of rotatable bonds is 9. The van der Waals surface area contributed by atoms with Crippen molar-refractivity contribution in [3.63, 3.8) is 0 Å². The first-order valence-electron chi connectivity index (χ1n) is 9.85. The second-order valence-corrected chi connectivity index (χ2v) is 7.48. The molecule has 162 valence electrons. The van der Waals surface area contributed by atoms with Crippen LogP contribution in [0.15, 0.2) is 48.6 Å². The van der Waals surface area contributed by atoms with Gasteiger partial charge in [-0.3, -0.25) is 9.78 Å². The standard InChI is InChI=1S/C22H24ClFN6O/c1-13(23)11-16(14(2)24)21-28-18-6-4-5-15(18)20(30-21)29-19-7-8-26-12-17(19)22(31)27-10-9-25-3/h7-8,11-12,25H,1-2,4-6,9-10H2,3H3,(H,27,31)(H,26,28,29,30)/b16-11+. The zero-order valence-electron chi connectivity index (χ0n) is 17.3. The number of aryl methyl sites for hydroxylation is 1. The maximum absolute atomic E-state index is 14.1. The molecule has 0 aliphatic heterocycles. The largest absolute Gasteiger partial charge is 0.351 e. The van der Waals surface area contributed by atoms with E-state index < -0.39 is 5.83 Å². The van der Waals surface area contributed by atoms with Gasteiger partial charge in [-0.15, -0.1) is 0 Å². The van der Waals surface area contributed by atoms with Crippen LogP contribution in [0.5, 0.6) is 0 Å². The van der Waals surface area contributed by atoms with Crippen molar-refractivity contribution >= 4 is 34.6 Å². The maximum atomic E-state index is 14.1. The second kappa shape index (κ2) is 10.3. The highest BCUT2D eigenvalue weighted by atomic mass is 35.5. The fraction of sp³-hybridized carbons (Fsp3) is 0.273. The summed E-state index contributed by atoms with van der Waals surface area (Å²) in [5, 5.41) is 9.18. The van der Waals surface area contributed by atoms with Crippen LogP contribution in [0.4, 0.5) is 15.9 Å². The number of hydrogen-bond acceptors (Lipinski definition) is 6. The summed E-state index contributed by atoms with van der Waals surface area (Å²) in [6.45, 7) is 8.07. The quantitative estimate of drug-likeness (QED) is 0.405. The molecule has 0 fully saturated rings. The van der Waals surface area contributed by atoms with Gasteiger partial charge in [0.15, 0.2) is 5.82 Å². The van der Waals surface area contributed by atoms with Crippen LogP contribution < -0.4 is 16.0 Å². The van der Waals surface area contributed by atoms with E-state index in [0.29, 0.717) is 30.2 Å². The fourth-order valence-electron chi connectivity index (χ4n) is 3.29. The Hall–Kier alpha value is -3.10. The number of hydrogen-bond donors (Lipinski definition) is 3. The lowest BCUT2D eigenvalue weighted by Gasteiger charge is -2.15. The molecule has 3 N–H and O–H groups in total. The Morgan fingerprint density at radius 2 is 2.10 bits per heavy atom. The minimum absolute atomic E-state index is 0.0671. The highest BCUT2D eigenvalue weighted by Crippen LogP contribution is 2.32. The van der Waals surface area contributed by atoms with Gasteiger partial charge in [0.1, 0.15) is 11.6 Å². The SMILES string of the molecule is C=C(Cl)/C=C(\C(=C)F)c1nc2c(c(Nc3ccncc3C(=O)NCCNC)n1)CCC2. The van der Waals surface area contributed by atoms with E-state index in [1.807, 2.05) is 7.05 Å². The Labute approximate surface area is 185 Å². The van der Waals surface area contributed by atoms with Crippen molar-refractivity contribution in [3.05, 3.63) is 71.2 Å². The number of fused-ring (bicyclic) bond motifs is 1. The Balaban J connectivity index is 2.00. The van der Waals surface area contributed by atoms with Gasteiger partial charge in [0.05, 0.1) is 16.8 Å². The zero-order valence-corrected chi connectivity index (χ0v) is 18.0. The number of pyridine rings is 1. The van der Waals surface area contributed by atoms with Crippen molar-refractivity contribution in [2.24, 2.45) is 0 Å². The summed E-state index contributed by atoms with van der Waals surface area (Å²) < 4.78 is 14.1. The maximum Gasteiger partial charge on any atom is 0.255 e. The molecule has 3 rings (SSSR count). The van der Waals surface area contributed by atoms with Crippen LogP contribution in [-0.2, 0) is 12.8 Å². The molecule has 0 atom stereocenters. The number of allylic oxidation sites excluding steroid dienone is 4.